The summed E-state index contributed by atoms with van der Waals surface area (Å²) in [5, 5.41) is 13.6. The van der Waals surface area contributed by atoms with Crippen LogP contribution in [0.2, 0.25) is 5.02 Å². The van der Waals surface area contributed by atoms with Crippen molar-refractivity contribution >= 4 is 38.9 Å². The maximum Gasteiger partial charge on any atom is 0.270 e. The van der Waals surface area contributed by atoms with Crippen LogP contribution >= 0.6 is 11.6 Å². The molecule has 8 nitrogen and oxygen atoms in total. The van der Waals surface area contributed by atoms with Crippen molar-refractivity contribution in [2.45, 2.75) is 32.6 Å². The molecule has 0 fully saturated rings. The zero-order valence-electron chi connectivity index (χ0n) is 17.8. The Bertz CT molecular complexity index is 1040. The van der Waals surface area contributed by atoms with Crippen molar-refractivity contribution in [1.29, 1.82) is 0 Å². The molecule has 0 heterocycles. The van der Waals surface area contributed by atoms with Crippen molar-refractivity contribution in [2.75, 3.05) is 18.4 Å². The third-order valence-electron chi connectivity index (χ3n) is 4.29. The molecule has 0 bridgehead atoms. The first kappa shape index (κ1) is 24.8. The van der Waals surface area contributed by atoms with E-state index in [1.165, 1.54) is 40.7 Å². The number of anilines is 1. The lowest BCUT2D eigenvalue weighted by Crippen LogP contribution is -2.37. The number of nitro benzene ring substituents is 1. The number of rotatable bonds is 9. The topological polar surface area (TPSA) is 110 Å². The highest BCUT2D eigenvalue weighted by Gasteiger charge is 2.26. The number of hydrogen-bond acceptors (Lipinski definition) is 5. The van der Waals surface area contributed by atoms with Crippen molar-refractivity contribution in [3.8, 4) is 0 Å². The van der Waals surface area contributed by atoms with Crippen LogP contribution in [-0.2, 0) is 10.0 Å². The molecule has 0 radical (unpaired) electrons. The van der Waals surface area contributed by atoms with E-state index in [-0.39, 0.29) is 33.0 Å². The van der Waals surface area contributed by atoms with E-state index in [1.807, 2.05) is 27.7 Å². The molecule has 0 atom stereocenters. The van der Waals surface area contributed by atoms with Crippen LogP contribution in [0.15, 0.2) is 47.4 Å². The molecule has 0 spiro atoms. The molecule has 31 heavy (non-hydrogen) atoms. The monoisotopic (exact) mass is 467 g/mol. The van der Waals surface area contributed by atoms with Crippen molar-refractivity contribution in [3.63, 3.8) is 0 Å². The molecule has 0 unspecified atom stereocenters. The quantitative estimate of drug-likeness (QED) is 0.420. The Morgan fingerprint density at radius 1 is 1.06 bits per heavy atom. The molecule has 2 rings (SSSR count). The van der Waals surface area contributed by atoms with E-state index in [4.69, 9.17) is 11.6 Å². The van der Waals surface area contributed by atoms with Crippen LogP contribution in [0.25, 0.3) is 0 Å². The Morgan fingerprint density at radius 3 is 2.10 bits per heavy atom. The van der Waals surface area contributed by atoms with Crippen LogP contribution in [0.5, 0.6) is 0 Å². The Balaban J connectivity index is 2.24. The lowest BCUT2D eigenvalue weighted by Gasteiger charge is -2.25. The van der Waals surface area contributed by atoms with Crippen molar-refractivity contribution in [1.82, 2.24) is 4.31 Å². The summed E-state index contributed by atoms with van der Waals surface area (Å²) < 4.78 is 27.6. The Kier molecular flexibility index (Phi) is 8.16. The second-order valence-electron chi connectivity index (χ2n) is 8.01. The van der Waals surface area contributed by atoms with Gasteiger partial charge in [-0.1, -0.05) is 39.3 Å². The van der Waals surface area contributed by atoms with Gasteiger partial charge in [-0.2, -0.15) is 4.31 Å². The summed E-state index contributed by atoms with van der Waals surface area (Å²) in [6, 6.07) is 9.37. The van der Waals surface area contributed by atoms with Gasteiger partial charge in [0.1, 0.15) is 0 Å². The summed E-state index contributed by atoms with van der Waals surface area (Å²) in [5.74, 6) is -0.288. The second-order valence-corrected chi connectivity index (χ2v) is 10.4. The Morgan fingerprint density at radius 2 is 1.61 bits per heavy atom. The standard InChI is InChI=1S/C21H26ClN3O5S/c1-14(2)12-24(13-15(3)4)31(29,30)18-8-5-16(6-9-18)23-21(26)19-11-17(25(27)28)7-10-20(19)22/h5-11,14-15H,12-13H2,1-4H3,(H,23,26). The summed E-state index contributed by atoms with van der Waals surface area (Å²) in [6.45, 7) is 8.65. The van der Waals surface area contributed by atoms with Crippen molar-refractivity contribution < 1.29 is 18.1 Å². The Hall–Kier alpha value is -2.49. The van der Waals surface area contributed by atoms with Crippen LogP contribution in [-0.4, -0.2) is 36.6 Å². The van der Waals surface area contributed by atoms with Gasteiger partial charge in [0, 0.05) is 30.9 Å². The van der Waals surface area contributed by atoms with Gasteiger partial charge in [-0.3, -0.25) is 14.9 Å². The van der Waals surface area contributed by atoms with Gasteiger partial charge in [0.05, 0.1) is 20.4 Å². The highest BCUT2D eigenvalue weighted by Crippen LogP contribution is 2.24. The third-order valence-corrected chi connectivity index (χ3v) is 6.47. The predicted molar refractivity (Wildman–Crippen MR) is 121 cm³/mol. The van der Waals surface area contributed by atoms with Gasteiger partial charge in [-0.15, -0.1) is 0 Å². The van der Waals surface area contributed by atoms with E-state index in [0.29, 0.717) is 18.8 Å². The lowest BCUT2D eigenvalue weighted by atomic mass is 10.2. The molecule has 0 saturated carbocycles. The first-order chi connectivity index (χ1) is 14.4. The van der Waals surface area contributed by atoms with Crippen LogP contribution in [0.3, 0.4) is 0 Å². The number of nitrogens with one attached hydrogen (secondary N) is 1. The largest absolute Gasteiger partial charge is 0.322 e. The molecule has 1 N–H and O–H groups in total. The fourth-order valence-electron chi connectivity index (χ4n) is 2.94. The van der Waals surface area contributed by atoms with E-state index < -0.39 is 20.9 Å². The van der Waals surface area contributed by atoms with Gasteiger partial charge < -0.3 is 5.32 Å². The molecular weight excluding hydrogens is 442 g/mol. The first-order valence-corrected chi connectivity index (χ1v) is 11.6. The van der Waals surface area contributed by atoms with Gasteiger partial charge in [0.2, 0.25) is 10.0 Å². The van der Waals surface area contributed by atoms with Gasteiger partial charge >= 0.3 is 0 Å². The number of halogens is 1. The maximum atomic E-state index is 13.1. The van der Waals surface area contributed by atoms with Crippen LogP contribution in [0, 0.1) is 22.0 Å². The highest BCUT2D eigenvalue weighted by molar-refractivity contribution is 7.89. The number of hydrogen-bond donors (Lipinski definition) is 1. The van der Waals surface area contributed by atoms with Gasteiger partial charge in [-0.05, 0) is 42.2 Å². The number of nitro groups is 1. The molecule has 1 amide bonds. The number of nitrogens with zero attached hydrogens (tertiary/aromatic N) is 2. The summed E-state index contributed by atoms with van der Waals surface area (Å²) in [7, 11) is -3.69. The summed E-state index contributed by atoms with van der Waals surface area (Å²) >= 11 is 6.00. The molecule has 0 saturated heterocycles. The number of carbonyl (C=O) groups is 1. The number of benzene rings is 2. The van der Waals surface area contributed by atoms with E-state index in [9.17, 15) is 23.3 Å². The fraction of sp³-hybridized carbons (Fsp3) is 0.381. The molecule has 2 aromatic rings. The van der Waals surface area contributed by atoms with Crippen LogP contribution < -0.4 is 5.32 Å². The van der Waals surface area contributed by atoms with Gasteiger partial charge in [-0.25, -0.2) is 8.42 Å². The zero-order valence-corrected chi connectivity index (χ0v) is 19.4. The zero-order chi connectivity index (χ0) is 23.3. The number of non-ortho nitro benzene ring substituents is 1. The maximum absolute atomic E-state index is 13.1. The molecule has 0 aliphatic heterocycles. The second kappa shape index (κ2) is 10.2. The highest BCUT2D eigenvalue weighted by atomic mass is 35.5. The number of carbonyl (C=O) groups excluding carboxylic acids is 1. The molecule has 2 aromatic carbocycles. The minimum atomic E-state index is -3.69. The van der Waals surface area contributed by atoms with Crippen molar-refractivity contribution in [2.24, 2.45) is 11.8 Å². The lowest BCUT2D eigenvalue weighted by molar-refractivity contribution is -0.384. The Labute approximate surface area is 187 Å². The predicted octanol–water partition coefficient (Wildman–Crippen LogP) is 4.80. The van der Waals surface area contributed by atoms with E-state index in [0.717, 1.165) is 6.07 Å². The van der Waals surface area contributed by atoms with Gasteiger partial charge in [0.15, 0.2) is 0 Å². The summed E-state index contributed by atoms with van der Waals surface area (Å²) in [6.07, 6.45) is 0. The van der Waals surface area contributed by atoms with Gasteiger partial charge in [0.25, 0.3) is 11.6 Å². The SMILES string of the molecule is CC(C)CN(CC(C)C)S(=O)(=O)c1ccc(NC(=O)c2cc([N+](=O)[O-])ccc2Cl)cc1. The molecule has 0 aliphatic carbocycles. The van der Waals surface area contributed by atoms with E-state index in [1.54, 1.807) is 0 Å². The average Bonchev–Trinajstić information content (AvgIpc) is 2.67. The van der Waals surface area contributed by atoms with Crippen LogP contribution in [0.4, 0.5) is 11.4 Å². The minimum absolute atomic E-state index is 0.0485. The number of sulfonamides is 1. The van der Waals surface area contributed by atoms with E-state index >= 15 is 0 Å². The van der Waals surface area contributed by atoms with Crippen molar-refractivity contribution in [3.05, 3.63) is 63.2 Å². The first-order valence-electron chi connectivity index (χ1n) is 9.77. The van der Waals surface area contributed by atoms with Crippen LogP contribution in [0.1, 0.15) is 38.1 Å². The average molecular weight is 468 g/mol. The normalized spacial score (nSPS) is 11.9. The summed E-state index contributed by atoms with van der Waals surface area (Å²) in [4.78, 5) is 22.9. The minimum Gasteiger partial charge on any atom is -0.322 e. The molecule has 168 valence electrons. The third kappa shape index (κ3) is 6.49. The molecule has 0 aromatic heterocycles. The smallest absolute Gasteiger partial charge is 0.270 e. The molecule has 0 aliphatic rings. The van der Waals surface area contributed by atoms with E-state index in [2.05, 4.69) is 5.32 Å². The molecular formula is C21H26ClN3O5S. The summed E-state index contributed by atoms with van der Waals surface area (Å²) in [5.41, 5.74) is 0.0322. The fourth-order valence-corrected chi connectivity index (χ4v) is 4.91. The molecule has 10 heteroatoms. The number of amides is 1.